The number of hydrogen-bond donors (Lipinski definition) is 1. The van der Waals surface area contributed by atoms with Gasteiger partial charge in [-0.1, -0.05) is 28.1 Å². The summed E-state index contributed by atoms with van der Waals surface area (Å²) in [4.78, 5) is 0. The number of benzene rings is 2. The molecule has 21 heavy (non-hydrogen) atoms. The van der Waals surface area contributed by atoms with E-state index in [9.17, 15) is 4.39 Å². The Morgan fingerprint density at radius 2 is 2.00 bits per heavy atom. The van der Waals surface area contributed by atoms with Gasteiger partial charge >= 0.3 is 0 Å². The zero-order chi connectivity index (χ0) is 14.8. The van der Waals surface area contributed by atoms with E-state index < -0.39 is 0 Å². The average Bonchev–Trinajstić information content (AvgIpc) is 2.93. The second-order valence-corrected chi connectivity index (χ2v) is 5.81. The molecule has 0 aromatic heterocycles. The first-order valence-electron chi connectivity index (χ1n) is 6.70. The van der Waals surface area contributed by atoms with Crippen LogP contribution in [0.4, 0.5) is 4.39 Å². The van der Waals surface area contributed by atoms with E-state index in [4.69, 9.17) is 9.47 Å². The van der Waals surface area contributed by atoms with Crippen LogP contribution < -0.4 is 14.8 Å². The van der Waals surface area contributed by atoms with Crippen molar-refractivity contribution in [2.24, 2.45) is 0 Å². The summed E-state index contributed by atoms with van der Waals surface area (Å²) in [5.74, 6) is 1.32. The van der Waals surface area contributed by atoms with E-state index in [0.717, 1.165) is 27.1 Å². The summed E-state index contributed by atoms with van der Waals surface area (Å²) in [6.07, 6.45) is 0. The molecule has 0 fully saturated rings. The summed E-state index contributed by atoms with van der Waals surface area (Å²) in [5, 5.41) is 3.42. The first kappa shape index (κ1) is 14.4. The van der Waals surface area contributed by atoms with Gasteiger partial charge in [-0.3, -0.25) is 0 Å². The van der Waals surface area contributed by atoms with E-state index in [1.54, 1.807) is 6.07 Å². The fraction of sp³-hybridized carbons (Fsp3) is 0.250. The molecule has 1 unspecified atom stereocenters. The Labute approximate surface area is 131 Å². The van der Waals surface area contributed by atoms with Crippen LogP contribution in [-0.2, 0) is 6.54 Å². The minimum Gasteiger partial charge on any atom is -0.454 e. The second kappa shape index (κ2) is 6.03. The minimum atomic E-state index is -0.241. The number of nitrogens with one attached hydrogen (secondary N) is 1. The van der Waals surface area contributed by atoms with Crippen LogP contribution in [-0.4, -0.2) is 6.79 Å². The lowest BCUT2D eigenvalue weighted by molar-refractivity contribution is 0.174. The molecule has 2 aromatic rings. The van der Waals surface area contributed by atoms with E-state index in [1.807, 2.05) is 18.2 Å². The summed E-state index contributed by atoms with van der Waals surface area (Å²) in [7, 11) is 0. The summed E-state index contributed by atoms with van der Waals surface area (Å²) in [5.41, 5.74) is 2.14. The molecule has 0 spiro atoms. The molecule has 110 valence electrons. The van der Waals surface area contributed by atoms with Crippen LogP contribution in [0.1, 0.15) is 24.1 Å². The molecule has 0 aliphatic carbocycles. The molecule has 1 aliphatic heterocycles. The first-order valence-corrected chi connectivity index (χ1v) is 7.49. The van der Waals surface area contributed by atoms with Gasteiger partial charge in [0.05, 0.1) is 0 Å². The van der Waals surface area contributed by atoms with Gasteiger partial charge in [-0.05, 0) is 42.3 Å². The molecule has 3 nitrogen and oxygen atoms in total. The third kappa shape index (κ3) is 3.19. The lowest BCUT2D eigenvalue weighted by Crippen LogP contribution is -2.18. The molecule has 2 aromatic carbocycles. The largest absolute Gasteiger partial charge is 0.454 e. The van der Waals surface area contributed by atoms with E-state index in [1.165, 1.54) is 12.1 Å². The quantitative estimate of drug-likeness (QED) is 0.896. The van der Waals surface area contributed by atoms with E-state index >= 15 is 0 Å². The Morgan fingerprint density at radius 1 is 1.19 bits per heavy atom. The van der Waals surface area contributed by atoms with Gasteiger partial charge in [0.25, 0.3) is 0 Å². The SMILES string of the molecule is CC(NCc1ccc(F)cc1Br)c1ccc2c(c1)OCO2. The van der Waals surface area contributed by atoms with Crippen molar-refractivity contribution in [1.29, 1.82) is 0 Å². The zero-order valence-corrected chi connectivity index (χ0v) is 13.1. The van der Waals surface area contributed by atoms with Crippen molar-refractivity contribution >= 4 is 15.9 Å². The molecule has 1 heterocycles. The molecular formula is C16H15BrFNO2. The van der Waals surface area contributed by atoms with Crippen LogP contribution in [0.15, 0.2) is 40.9 Å². The van der Waals surface area contributed by atoms with Crippen molar-refractivity contribution < 1.29 is 13.9 Å². The first-order chi connectivity index (χ1) is 10.1. The molecule has 0 saturated carbocycles. The minimum absolute atomic E-state index is 0.149. The smallest absolute Gasteiger partial charge is 0.231 e. The highest BCUT2D eigenvalue weighted by Gasteiger charge is 2.15. The van der Waals surface area contributed by atoms with E-state index in [0.29, 0.717) is 6.54 Å². The van der Waals surface area contributed by atoms with Gasteiger partial charge in [0.15, 0.2) is 11.5 Å². The van der Waals surface area contributed by atoms with Gasteiger partial charge in [-0.2, -0.15) is 0 Å². The van der Waals surface area contributed by atoms with Crippen molar-refractivity contribution in [3.05, 3.63) is 57.8 Å². The van der Waals surface area contributed by atoms with E-state index in [2.05, 4.69) is 28.2 Å². The van der Waals surface area contributed by atoms with Crippen LogP contribution in [0.5, 0.6) is 11.5 Å². The monoisotopic (exact) mass is 351 g/mol. The maximum atomic E-state index is 13.1. The third-order valence-corrected chi connectivity index (χ3v) is 4.25. The highest BCUT2D eigenvalue weighted by molar-refractivity contribution is 9.10. The van der Waals surface area contributed by atoms with Crippen molar-refractivity contribution in [2.75, 3.05) is 6.79 Å². The van der Waals surface area contributed by atoms with E-state index in [-0.39, 0.29) is 18.7 Å². The summed E-state index contributed by atoms with van der Waals surface area (Å²) < 4.78 is 24.5. The molecular weight excluding hydrogens is 337 g/mol. The summed E-state index contributed by atoms with van der Waals surface area (Å²) in [6.45, 7) is 3.01. The summed E-state index contributed by atoms with van der Waals surface area (Å²) >= 11 is 3.38. The predicted molar refractivity (Wildman–Crippen MR) is 81.9 cm³/mol. The van der Waals surface area contributed by atoms with Gasteiger partial charge in [0, 0.05) is 17.1 Å². The van der Waals surface area contributed by atoms with Crippen LogP contribution >= 0.6 is 15.9 Å². The number of ether oxygens (including phenoxy) is 2. The third-order valence-electron chi connectivity index (χ3n) is 3.51. The molecule has 1 N–H and O–H groups in total. The maximum Gasteiger partial charge on any atom is 0.231 e. The van der Waals surface area contributed by atoms with Crippen LogP contribution in [0.25, 0.3) is 0 Å². The van der Waals surface area contributed by atoms with Gasteiger partial charge in [0.2, 0.25) is 6.79 Å². The van der Waals surface area contributed by atoms with Crippen molar-refractivity contribution in [3.63, 3.8) is 0 Å². The standard InChI is InChI=1S/C16H15BrFNO2/c1-10(11-3-5-15-16(6-11)21-9-20-15)19-8-12-2-4-13(18)7-14(12)17/h2-7,10,19H,8-9H2,1H3. The molecule has 5 heteroatoms. The number of halogens is 2. The van der Waals surface area contributed by atoms with Gasteiger partial charge in [0.1, 0.15) is 5.82 Å². The average molecular weight is 352 g/mol. The Balaban J connectivity index is 1.67. The normalized spacial score (nSPS) is 14.2. The van der Waals surface area contributed by atoms with Gasteiger partial charge in [-0.15, -0.1) is 0 Å². The molecule has 0 bridgehead atoms. The molecule has 3 rings (SSSR count). The van der Waals surface area contributed by atoms with Crippen molar-refractivity contribution in [1.82, 2.24) is 5.32 Å². The van der Waals surface area contributed by atoms with Gasteiger partial charge < -0.3 is 14.8 Å². The molecule has 0 saturated heterocycles. The molecule has 0 amide bonds. The fourth-order valence-corrected chi connectivity index (χ4v) is 2.72. The molecule has 0 radical (unpaired) electrons. The predicted octanol–water partition coefficient (Wildman–Crippen LogP) is 4.17. The number of fused-ring (bicyclic) bond motifs is 1. The van der Waals surface area contributed by atoms with Crippen LogP contribution in [0.2, 0.25) is 0 Å². The fourth-order valence-electron chi connectivity index (χ4n) is 2.23. The number of hydrogen-bond acceptors (Lipinski definition) is 3. The Morgan fingerprint density at radius 3 is 2.81 bits per heavy atom. The van der Waals surface area contributed by atoms with Gasteiger partial charge in [-0.25, -0.2) is 4.39 Å². The maximum absolute atomic E-state index is 13.1. The Bertz CT molecular complexity index is 663. The second-order valence-electron chi connectivity index (χ2n) is 4.95. The lowest BCUT2D eigenvalue weighted by atomic mass is 10.1. The van der Waals surface area contributed by atoms with Crippen LogP contribution in [0.3, 0.4) is 0 Å². The highest BCUT2D eigenvalue weighted by atomic mass is 79.9. The van der Waals surface area contributed by atoms with Crippen LogP contribution in [0, 0.1) is 5.82 Å². The lowest BCUT2D eigenvalue weighted by Gasteiger charge is -2.15. The number of rotatable bonds is 4. The van der Waals surface area contributed by atoms with Crippen molar-refractivity contribution in [3.8, 4) is 11.5 Å². The topological polar surface area (TPSA) is 30.5 Å². The van der Waals surface area contributed by atoms with Crippen molar-refractivity contribution in [2.45, 2.75) is 19.5 Å². The highest BCUT2D eigenvalue weighted by Crippen LogP contribution is 2.34. The molecule has 1 atom stereocenters. The zero-order valence-electron chi connectivity index (χ0n) is 11.5. The Hall–Kier alpha value is -1.59. The Kier molecular flexibility index (Phi) is 4.12. The molecule has 1 aliphatic rings. The summed E-state index contributed by atoms with van der Waals surface area (Å²) in [6, 6.07) is 10.8.